The standard InChI is InChI=1S/C16H20N4/c1-2-5-14(6-3-1)13-18-15-7-4-8-16(19-15)20-11-9-17-10-12-20/h1-8,17H,9-13H2,(H,18,19). The fraction of sp³-hybridized carbons (Fsp3) is 0.312. The van der Waals surface area contributed by atoms with Crippen molar-refractivity contribution < 1.29 is 0 Å². The van der Waals surface area contributed by atoms with Crippen LogP contribution >= 0.6 is 0 Å². The van der Waals surface area contributed by atoms with Gasteiger partial charge in [-0.15, -0.1) is 0 Å². The number of anilines is 2. The van der Waals surface area contributed by atoms with Gasteiger partial charge >= 0.3 is 0 Å². The van der Waals surface area contributed by atoms with E-state index in [2.05, 4.69) is 51.9 Å². The second-order valence-corrected chi connectivity index (χ2v) is 4.96. The zero-order valence-electron chi connectivity index (χ0n) is 11.5. The number of hydrogen-bond acceptors (Lipinski definition) is 4. The molecular formula is C16H20N4. The summed E-state index contributed by atoms with van der Waals surface area (Å²) in [4.78, 5) is 7.02. The molecule has 1 aromatic carbocycles. The number of benzene rings is 1. The fourth-order valence-corrected chi connectivity index (χ4v) is 2.38. The van der Waals surface area contributed by atoms with E-state index in [9.17, 15) is 0 Å². The van der Waals surface area contributed by atoms with Crippen LogP contribution in [-0.4, -0.2) is 31.2 Å². The van der Waals surface area contributed by atoms with Crippen molar-refractivity contribution in [1.82, 2.24) is 10.3 Å². The van der Waals surface area contributed by atoms with Crippen molar-refractivity contribution in [1.29, 1.82) is 0 Å². The van der Waals surface area contributed by atoms with Crippen molar-refractivity contribution in [2.24, 2.45) is 0 Å². The van der Waals surface area contributed by atoms with E-state index < -0.39 is 0 Å². The quantitative estimate of drug-likeness (QED) is 0.891. The zero-order valence-corrected chi connectivity index (χ0v) is 11.5. The summed E-state index contributed by atoms with van der Waals surface area (Å²) in [6.07, 6.45) is 0. The molecule has 2 heterocycles. The molecule has 3 rings (SSSR count). The lowest BCUT2D eigenvalue weighted by atomic mass is 10.2. The van der Waals surface area contributed by atoms with Gasteiger partial charge in [0.1, 0.15) is 11.6 Å². The molecule has 2 aromatic rings. The van der Waals surface area contributed by atoms with Crippen LogP contribution in [0, 0.1) is 0 Å². The topological polar surface area (TPSA) is 40.2 Å². The van der Waals surface area contributed by atoms with Crippen molar-refractivity contribution >= 4 is 11.6 Å². The van der Waals surface area contributed by atoms with E-state index in [1.165, 1.54) is 5.56 Å². The third-order valence-electron chi connectivity index (χ3n) is 3.49. The number of rotatable bonds is 4. The van der Waals surface area contributed by atoms with Gasteiger partial charge in [-0.3, -0.25) is 0 Å². The first kappa shape index (κ1) is 12.9. The first-order valence-electron chi connectivity index (χ1n) is 7.12. The summed E-state index contributed by atoms with van der Waals surface area (Å²) < 4.78 is 0. The summed E-state index contributed by atoms with van der Waals surface area (Å²) in [6, 6.07) is 16.6. The second-order valence-electron chi connectivity index (χ2n) is 4.96. The van der Waals surface area contributed by atoms with E-state index in [0.29, 0.717) is 0 Å². The summed E-state index contributed by atoms with van der Waals surface area (Å²) in [5.41, 5.74) is 1.27. The Hall–Kier alpha value is -2.07. The SMILES string of the molecule is c1ccc(CNc2cccc(N3CCNCC3)n2)cc1. The van der Waals surface area contributed by atoms with Crippen LogP contribution in [0.3, 0.4) is 0 Å². The first-order chi connectivity index (χ1) is 9.92. The molecule has 0 unspecified atom stereocenters. The highest BCUT2D eigenvalue weighted by Crippen LogP contribution is 2.15. The molecule has 104 valence electrons. The third kappa shape index (κ3) is 3.27. The molecule has 1 aromatic heterocycles. The van der Waals surface area contributed by atoms with E-state index in [1.54, 1.807) is 0 Å². The minimum Gasteiger partial charge on any atom is -0.366 e. The molecule has 4 nitrogen and oxygen atoms in total. The Morgan fingerprint density at radius 3 is 2.60 bits per heavy atom. The highest BCUT2D eigenvalue weighted by atomic mass is 15.2. The van der Waals surface area contributed by atoms with Gasteiger partial charge in [0.05, 0.1) is 0 Å². The Morgan fingerprint density at radius 1 is 1.00 bits per heavy atom. The van der Waals surface area contributed by atoms with Gasteiger partial charge in [-0.25, -0.2) is 4.98 Å². The van der Waals surface area contributed by atoms with Crippen LogP contribution in [0.25, 0.3) is 0 Å². The molecule has 4 heteroatoms. The molecule has 0 atom stereocenters. The number of pyridine rings is 1. The highest BCUT2D eigenvalue weighted by molar-refractivity contribution is 5.47. The zero-order chi connectivity index (χ0) is 13.6. The number of piperazine rings is 1. The van der Waals surface area contributed by atoms with Gasteiger partial charge in [0.25, 0.3) is 0 Å². The van der Waals surface area contributed by atoms with Crippen LogP contribution in [0.2, 0.25) is 0 Å². The predicted molar refractivity (Wildman–Crippen MR) is 83.1 cm³/mol. The van der Waals surface area contributed by atoms with Gasteiger partial charge in [-0.05, 0) is 17.7 Å². The van der Waals surface area contributed by atoms with Crippen LogP contribution < -0.4 is 15.5 Å². The van der Waals surface area contributed by atoms with Gasteiger partial charge in [-0.2, -0.15) is 0 Å². The monoisotopic (exact) mass is 268 g/mol. The van der Waals surface area contributed by atoms with Crippen molar-refractivity contribution in [2.75, 3.05) is 36.4 Å². The van der Waals surface area contributed by atoms with Crippen LogP contribution in [0.15, 0.2) is 48.5 Å². The molecule has 0 amide bonds. The predicted octanol–water partition coefficient (Wildman–Crippen LogP) is 2.10. The Balaban J connectivity index is 1.65. The van der Waals surface area contributed by atoms with Crippen LogP contribution in [0.1, 0.15) is 5.56 Å². The van der Waals surface area contributed by atoms with Gasteiger partial charge in [0.15, 0.2) is 0 Å². The lowest BCUT2D eigenvalue weighted by molar-refractivity contribution is 0.585. The van der Waals surface area contributed by atoms with Crippen molar-refractivity contribution in [3.8, 4) is 0 Å². The fourth-order valence-electron chi connectivity index (χ4n) is 2.38. The maximum Gasteiger partial charge on any atom is 0.131 e. The summed E-state index contributed by atoms with van der Waals surface area (Å²) >= 11 is 0. The molecular weight excluding hydrogens is 248 g/mol. The van der Waals surface area contributed by atoms with Crippen molar-refractivity contribution in [3.05, 3.63) is 54.1 Å². The normalized spacial score (nSPS) is 15.1. The van der Waals surface area contributed by atoms with E-state index >= 15 is 0 Å². The number of hydrogen-bond donors (Lipinski definition) is 2. The molecule has 1 saturated heterocycles. The van der Waals surface area contributed by atoms with E-state index in [-0.39, 0.29) is 0 Å². The average Bonchev–Trinajstić information content (AvgIpc) is 2.55. The maximum absolute atomic E-state index is 4.70. The maximum atomic E-state index is 4.70. The van der Waals surface area contributed by atoms with Crippen molar-refractivity contribution in [3.63, 3.8) is 0 Å². The molecule has 1 fully saturated rings. The lowest BCUT2D eigenvalue weighted by Crippen LogP contribution is -2.43. The summed E-state index contributed by atoms with van der Waals surface area (Å²) in [7, 11) is 0. The minimum atomic E-state index is 0.804. The molecule has 2 N–H and O–H groups in total. The Kier molecular flexibility index (Phi) is 4.13. The Labute approximate surface area is 119 Å². The Bertz CT molecular complexity index is 535. The van der Waals surface area contributed by atoms with Gasteiger partial charge in [0, 0.05) is 32.7 Å². The molecule has 1 aliphatic rings. The Morgan fingerprint density at radius 2 is 1.80 bits per heavy atom. The largest absolute Gasteiger partial charge is 0.366 e. The smallest absolute Gasteiger partial charge is 0.131 e. The number of nitrogens with zero attached hydrogens (tertiary/aromatic N) is 2. The van der Waals surface area contributed by atoms with Crippen LogP contribution in [0.5, 0.6) is 0 Å². The van der Waals surface area contributed by atoms with E-state index in [1.807, 2.05) is 12.1 Å². The minimum absolute atomic E-state index is 0.804. The van der Waals surface area contributed by atoms with Gasteiger partial charge in [-0.1, -0.05) is 36.4 Å². The number of aromatic nitrogens is 1. The van der Waals surface area contributed by atoms with Crippen molar-refractivity contribution in [2.45, 2.75) is 6.54 Å². The molecule has 0 saturated carbocycles. The van der Waals surface area contributed by atoms with E-state index in [0.717, 1.165) is 44.4 Å². The molecule has 0 radical (unpaired) electrons. The highest BCUT2D eigenvalue weighted by Gasteiger charge is 2.11. The lowest BCUT2D eigenvalue weighted by Gasteiger charge is -2.28. The first-order valence-corrected chi connectivity index (χ1v) is 7.12. The van der Waals surface area contributed by atoms with Crippen LogP contribution in [0.4, 0.5) is 11.6 Å². The average molecular weight is 268 g/mol. The van der Waals surface area contributed by atoms with Crippen LogP contribution in [-0.2, 0) is 6.54 Å². The van der Waals surface area contributed by atoms with Gasteiger partial charge < -0.3 is 15.5 Å². The third-order valence-corrected chi connectivity index (χ3v) is 3.49. The molecule has 1 aliphatic heterocycles. The second kappa shape index (κ2) is 6.39. The molecule has 0 spiro atoms. The summed E-state index contributed by atoms with van der Waals surface area (Å²) in [5, 5.41) is 6.75. The molecule has 0 aliphatic carbocycles. The summed E-state index contributed by atoms with van der Waals surface area (Å²) in [6.45, 7) is 4.91. The van der Waals surface area contributed by atoms with E-state index in [4.69, 9.17) is 4.98 Å². The number of nitrogens with one attached hydrogen (secondary N) is 2. The summed E-state index contributed by atoms with van der Waals surface area (Å²) in [5.74, 6) is 1.99. The van der Waals surface area contributed by atoms with Gasteiger partial charge in [0.2, 0.25) is 0 Å². The molecule has 0 bridgehead atoms. The molecule has 20 heavy (non-hydrogen) atoms.